The first-order valence-electron chi connectivity index (χ1n) is 9.16. The van der Waals surface area contributed by atoms with E-state index >= 15 is 0 Å². The Morgan fingerprint density at radius 3 is 2.81 bits per heavy atom. The molecule has 26 heavy (non-hydrogen) atoms. The molecule has 1 fully saturated rings. The lowest BCUT2D eigenvalue weighted by molar-refractivity contribution is -0.118. The molecule has 1 aromatic heterocycles. The number of benzene rings is 1. The van der Waals surface area contributed by atoms with Gasteiger partial charge in [-0.2, -0.15) is 0 Å². The normalized spacial score (nSPS) is 14.5. The number of aromatic amines is 1. The van der Waals surface area contributed by atoms with Crippen LogP contribution in [0.5, 0.6) is 5.75 Å². The highest BCUT2D eigenvalue weighted by Crippen LogP contribution is 2.28. The van der Waals surface area contributed by atoms with Gasteiger partial charge in [0, 0.05) is 13.0 Å². The van der Waals surface area contributed by atoms with Crippen LogP contribution in [0.2, 0.25) is 0 Å². The van der Waals surface area contributed by atoms with Gasteiger partial charge in [0.05, 0.1) is 12.9 Å². The van der Waals surface area contributed by atoms with Gasteiger partial charge in [-0.1, -0.05) is 49.6 Å². The van der Waals surface area contributed by atoms with Crippen LogP contribution in [0.3, 0.4) is 0 Å². The van der Waals surface area contributed by atoms with Crippen LogP contribution in [0.4, 0.5) is 0 Å². The molecule has 2 N–H and O–H groups in total. The zero-order chi connectivity index (χ0) is 18.2. The zero-order valence-corrected chi connectivity index (χ0v) is 16.0. The maximum Gasteiger partial charge on any atom is 0.230 e. The summed E-state index contributed by atoms with van der Waals surface area (Å²) in [6, 6.07) is 7.66. The minimum atomic E-state index is -0.0249. The molecular weight excluding hydrogens is 348 g/mol. The maximum atomic E-state index is 12.0. The van der Waals surface area contributed by atoms with Crippen LogP contribution in [0.1, 0.15) is 43.5 Å². The number of hydrogen-bond acceptors (Lipinski definition) is 5. The molecule has 0 atom stereocenters. The van der Waals surface area contributed by atoms with Crippen molar-refractivity contribution in [1.82, 2.24) is 20.5 Å². The fourth-order valence-corrected chi connectivity index (χ4v) is 3.87. The zero-order valence-electron chi connectivity index (χ0n) is 15.2. The summed E-state index contributed by atoms with van der Waals surface area (Å²) in [6.45, 7) is 0.504. The molecule has 1 aliphatic rings. The Morgan fingerprint density at radius 2 is 2.08 bits per heavy atom. The van der Waals surface area contributed by atoms with Gasteiger partial charge >= 0.3 is 0 Å². The van der Waals surface area contributed by atoms with Crippen LogP contribution in [-0.4, -0.2) is 34.0 Å². The number of amides is 1. The lowest BCUT2D eigenvalue weighted by Crippen LogP contribution is -2.24. The third kappa shape index (κ3) is 5.76. The largest absolute Gasteiger partial charge is 0.497 e. The van der Waals surface area contributed by atoms with E-state index in [1.165, 1.54) is 43.9 Å². The number of nitrogens with one attached hydrogen (secondary N) is 2. The molecule has 6 nitrogen and oxygen atoms in total. The summed E-state index contributed by atoms with van der Waals surface area (Å²) < 4.78 is 5.12. The van der Waals surface area contributed by atoms with Crippen molar-refractivity contribution in [3.63, 3.8) is 0 Å². The van der Waals surface area contributed by atoms with Crippen LogP contribution in [-0.2, 0) is 17.8 Å². The SMILES string of the molecule is COc1ccc(CNC(=O)CSc2n[nH]c(CCC3CCCC3)n2)cc1. The van der Waals surface area contributed by atoms with E-state index in [9.17, 15) is 4.79 Å². The van der Waals surface area contributed by atoms with Crippen molar-refractivity contribution in [3.05, 3.63) is 35.7 Å². The Balaban J connectivity index is 1.35. The van der Waals surface area contributed by atoms with E-state index in [2.05, 4.69) is 20.5 Å². The molecule has 0 spiro atoms. The van der Waals surface area contributed by atoms with Gasteiger partial charge < -0.3 is 10.1 Å². The van der Waals surface area contributed by atoms with E-state index in [4.69, 9.17) is 4.74 Å². The van der Waals surface area contributed by atoms with E-state index in [0.717, 1.165) is 29.5 Å². The molecule has 0 bridgehead atoms. The number of ether oxygens (including phenoxy) is 1. The minimum absolute atomic E-state index is 0.0249. The molecule has 0 aliphatic heterocycles. The van der Waals surface area contributed by atoms with Crippen molar-refractivity contribution < 1.29 is 9.53 Å². The predicted octanol–water partition coefficient (Wildman–Crippen LogP) is 3.34. The summed E-state index contributed by atoms with van der Waals surface area (Å²) in [6.07, 6.45) is 7.57. The van der Waals surface area contributed by atoms with Crippen molar-refractivity contribution in [1.29, 1.82) is 0 Å². The van der Waals surface area contributed by atoms with E-state index in [0.29, 0.717) is 17.5 Å². The molecular formula is C19H26N4O2S. The van der Waals surface area contributed by atoms with Crippen molar-refractivity contribution >= 4 is 17.7 Å². The van der Waals surface area contributed by atoms with Gasteiger partial charge in [-0.05, 0) is 30.0 Å². The number of aromatic nitrogens is 3. The molecule has 2 aromatic rings. The molecule has 0 saturated heterocycles. The molecule has 7 heteroatoms. The summed E-state index contributed by atoms with van der Waals surface area (Å²) in [5, 5.41) is 10.8. The van der Waals surface area contributed by atoms with Crippen LogP contribution in [0.15, 0.2) is 29.4 Å². The summed E-state index contributed by atoms with van der Waals surface area (Å²) in [5.74, 6) is 2.88. The highest BCUT2D eigenvalue weighted by atomic mass is 32.2. The predicted molar refractivity (Wildman–Crippen MR) is 102 cm³/mol. The van der Waals surface area contributed by atoms with Crippen molar-refractivity contribution in [2.75, 3.05) is 12.9 Å². The molecule has 1 saturated carbocycles. The third-order valence-electron chi connectivity index (χ3n) is 4.76. The van der Waals surface area contributed by atoms with E-state index in [-0.39, 0.29) is 5.91 Å². The summed E-state index contributed by atoms with van der Waals surface area (Å²) in [5.41, 5.74) is 1.04. The molecule has 0 radical (unpaired) electrons. The average Bonchev–Trinajstić information content (AvgIpc) is 3.35. The molecule has 3 rings (SSSR count). The van der Waals surface area contributed by atoms with Gasteiger partial charge in [-0.3, -0.25) is 9.89 Å². The summed E-state index contributed by atoms with van der Waals surface area (Å²) in [4.78, 5) is 16.5. The summed E-state index contributed by atoms with van der Waals surface area (Å²) >= 11 is 1.36. The van der Waals surface area contributed by atoms with Crippen molar-refractivity contribution in [2.24, 2.45) is 5.92 Å². The van der Waals surface area contributed by atoms with E-state index in [1.54, 1.807) is 7.11 Å². The van der Waals surface area contributed by atoms with Crippen molar-refractivity contribution in [3.8, 4) is 5.75 Å². The number of rotatable bonds is 9. The van der Waals surface area contributed by atoms with Gasteiger partial charge in [0.25, 0.3) is 0 Å². The molecule has 0 unspecified atom stereocenters. The Hall–Kier alpha value is -2.02. The highest BCUT2D eigenvalue weighted by molar-refractivity contribution is 7.99. The number of carbonyl (C=O) groups is 1. The van der Waals surface area contributed by atoms with E-state index < -0.39 is 0 Å². The number of methoxy groups -OCH3 is 1. The summed E-state index contributed by atoms with van der Waals surface area (Å²) in [7, 11) is 1.64. The number of hydrogen-bond donors (Lipinski definition) is 2. The lowest BCUT2D eigenvalue weighted by atomic mass is 10.0. The fourth-order valence-electron chi connectivity index (χ4n) is 3.22. The Labute approximate surface area is 158 Å². The van der Waals surface area contributed by atoms with Crippen LogP contribution < -0.4 is 10.1 Å². The molecule has 1 heterocycles. The molecule has 1 aliphatic carbocycles. The number of carbonyl (C=O) groups excluding carboxylic acids is 1. The molecule has 1 aromatic carbocycles. The van der Waals surface area contributed by atoms with E-state index in [1.807, 2.05) is 24.3 Å². The first-order chi connectivity index (χ1) is 12.7. The first kappa shape index (κ1) is 18.8. The standard InChI is InChI=1S/C19H26N4O2S/c1-25-16-9-6-15(7-10-16)12-20-18(24)13-26-19-21-17(22-23-19)11-8-14-4-2-3-5-14/h6-7,9-10,14H,2-5,8,11-13H2,1H3,(H,20,24)(H,21,22,23). The fraction of sp³-hybridized carbons (Fsp3) is 0.526. The Kier molecular flexibility index (Phi) is 6.94. The van der Waals surface area contributed by atoms with Gasteiger partial charge in [0.2, 0.25) is 11.1 Å². The highest BCUT2D eigenvalue weighted by Gasteiger charge is 2.15. The van der Waals surface area contributed by atoms with Crippen LogP contribution in [0, 0.1) is 5.92 Å². The van der Waals surface area contributed by atoms with Crippen LogP contribution in [0.25, 0.3) is 0 Å². The van der Waals surface area contributed by atoms with Crippen LogP contribution >= 0.6 is 11.8 Å². The smallest absolute Gasteiger partial charge is 0.230 e. The van der Waals surface area contributed by atoms with Gasteiger partial charge in [-0.15, -0.1) is 5.10 Å². The minimum Gasteiger partial charge on any atom is -0.497 e. The Morgan fingerprint density at radius 1 is 1.31 bits per heavy atom. The van der Waals surface area contributed by atoms with Gasteiger partial charge in [0.1, 0.15) is 11.6 Å². The number of nitrogens with zero attached hydrogens (tertiary/aromatic N) is 2. The lowest BCUT2D eigenvalue weighted by Gasteiger charge is -2.06. The second-order valence-electron chi connectivity index (χ2n) is 6.67. The number of H-pyrrole nitrogens is 1. The second kappa shape index (κ2) is 9.62. The third-order valence-corrected chi connectivity index (χ3v) is 5.60. The van der Waals surface area contributed by atoms with Crippen molar-refractivity contribution in [2.45, 2.75) is 50.2 Å². The quantitative estimate of drug-likeness (QED) is 0.658. The monoisotopic (exact) mass is 374 g/mol. The first-order valence-corrected chi connectivity index (χ1v) is 10.1. The number of thioether (sulfide) groups is 1. The molecule has 140 valence electrons. The number of aryl methyl sites for hydroxylation is 1. The van der Waals surface area contributed by atoms with Gasteiger partial charge in [-0.25, -0.2) is 4.98 Å². The molecule has 1 amide bonds. The topological polar surface area (TPSA) is 79.9 Å². The average molecular weight is 375 g/mol. The maximum absolute atomic E-state index is 12.0. The van der Waals surface area contributed by atoms with Gasteiger partial charge in [0.15, 0.2) is 0 Å². The second-order valence-corrected chi connectivity index (χ2v) is 7.61. The Bertz CT molecular complexity index is 696.